The van der Waals surface area contributed by atoms with E-state index >= 15 is 0 Å². The van der Waals surface area contributed by atoms with Crippen LogP contribution in [-0.2, 0) is 146 Å². The lowest BCUT2D eigenvalue weighted by molar-refractivity contribution is -0.0912. The Labute approximate surface area is 927 Å². The van der Waals surface area contributed by atoms with Crippen LogP contribution in [0.15, 0.2) is 0 Å². The smallest absolute Gasteiger partial charge is 0.436 e. The number of likely N-dealkylation sites (tertiary alicyclic amines) is 1. The summed E-state index contributed by atoms with van der Waals surface area (Å²) in [7, 11) is -86.0. The van der Waals surface area contributed by atoms with Crippen LogP contribution < -0.4 is 0 Å². The Kier molecular flexibility index (Phi) is 52.8. The summed E-state index contributed by atoms with van der Waals surface area (Å²) in [6.07, 6.45) is 3.27. The highest BCUT2D eigenvalue weighted by Crippen LogP contribution is 2.43. The fourth-order valence-electron chi connectivity index (χ4n) is 22.3. The van der Waals surface area contributed by atoms with Gasteiger partial charge in [-0.05, 0) is 466 Å². The highest BCUT2D eigenvalue weighted by molar-refractivity contribution is 6.99. The summed E-state index contributed by atoms with van der Waals surface area (Å²) in [5, 5.41) is 0. The van der Waals surface area contributed by atoms with Crippen molar-refractivity contribution in [2.45, 2.75) is 476 Å². The van der Waals surface area contributed by atoms with E-state index in [0.717, 1.165) is 31.9 Å². The predicted octanol–water partition coefficient (Wildman–Crippen LogP) is 25.2. The molecule has 0 saturated carbocycles. The molecule has 1 rings (SSSR count). The first kappa shape index (κ1) is 150. The summed E-state index contributed by atoms with van der Waals surface area (Å²) in [6, 6.07) is 0.992. The minimum absolute atomic E-state index is 0.0877. The topological polar surface area (TPSA) is 326 Å². The second kappa shape index (κ2) is 51.5. The zero-order valence-corrected chi connectivity index (χ0v) is 138. The van der Waals surface area contributed by atoms with E-state index in [4.69, 9.17) is 146 Å². The molecule has 1 fully saturated rings. The molecular weight excluding hydrogens is 2410 g/mol. The van der Waals surface area contributed by atoms with Crippen LogP contribution in [0.1, 0.15) is 47.0 Å². The molecule has 36 nitrogen and oxygen atoms in total. The zero-order valence-electron chi connectivity index (χ0n) is 106. The first-order valence-electron chi connectivity index (χ1n) is 51.8. The number of rotatable bonds is 70. The number of hydrogen-bond donors (Lipinski definition) is 0. The van der Waals surface area contributed by atoms with Gasteiger partial charge in [-0.2, -0.15) is 0 Å². The first-order chi connectivity index (χ1) is 63.0. The summed E-state index contributed by atoms with van der Waals surface area (Å²) in [4.78, 5) is 2.50. The fourth-order valence-corrected chi connectivity index (χ4v) is 187. The maximum absolute atomic E-state index is 7.06. The molecule has 0 N–H and O–H groups in total. The Bertz CT molecular complexity index is 3860. The Hall–Kier alpha value is 5.50. The van der Waals surface area contributed by atoms with Crippen molar-refractivity contribution in [1.82, 2.24) is 4.90 Å². The van der Waals surface area contributed by atoms with Gasteiger partial charge in [0, 0.05) is 39.0 Å². The summed E-state index contributed by atoms with van der Waals surface area (Å²) in [5.74, 6) is 0. The van der Waals surface area contributed by atoms with Crippen LogP contribution in [0, 0.1) is 0 Å². The van der Waals surface area contributed by atoms with E-state index < -0.39 is 274 Å². The van der Waals surface area contributed by atoms with Gasteiger partial charge < -0.3 is 146 Å². The quantitative estimate of drug-likeness (QED) is 0.0403. The zero-order chi connectivity index (χ0) is 116. The largest absolute Gasteiger partial charge is 0.669 e. The second-order valence-corrected chi connectivity index (χ2v) is 170. The summed E-state index contributed by atoms with van der Waals surface area (Å²) < 4.78 is 239. The molecular formula is C78H221NO35Si32. The molecule has 0 aromatic carbocycles. The number of ether oxygens (including phenoxy) is 1. The first-order valence-corrected chi connectivity index (χ1v) is 141. The van der Waals surface area contributed by atoms with E-state index in [0.29, 0.717) is 0 Å². The molecule has 146 heavy (non-hydrogen) atoms. The average Bonchev–Trinajstić information content (AvgIpc) is 0.751. The fraction of sp³-hybridized carbons (Fsp3) is 1.00. The molecule has 0 spiro atoms. The molecule has 1 aliphatic heterocycles. The van der Waals surface area contributed by atoms with E-state index in [-0.39, 0.29) is 17.2 Å². The van der Waals surface area contributed by atoms with Crippen molar-refractivity contribution in [3.8, 4) is 0 Å². The third-order valence-corrected chi connectivity index (χ3v) is 145. The molecule has 0 atom stereocenters. The van der Waals surface area contributed by atoms with E-state index in [1.807, 2.05) is 170 Å². The minimum Gasteiger partial charge on any atom is -0.436 e. The SMILES string of the molecule is CO[Si](OC)(OC)O[Si](C)(C)O[Si](C)(C)O[Si](C)(C)O[Si](C)(C)O[Si](C)(C)O[Si](C)(C)O[Si](C)(C)O[Si](C)(C)O[Si](C)(C)O[Si](C)(C)O[Si](C)(C)O[Si](C)(C)O[Si](C)(C)O[Si](C)(C)O[Si](C)(C)O[Si](C)(C)O[Si](C)(C)O[Si](C)(C)O[Si](C)(C)O[Si](C)(C)O[Si](C)(C)O[Si](C)(C)O[Si](C)(C)O[Si](C)(C)O[Si](C)(C)O[Si](C)(C)O[Si](C)(C)O[Si](C)(C)O[Si](C)(C)O[Si](C)(C)O[Si](C)(C)CCCOC1CC(C)(C)N(C)C(C)(C)C1. The van der Waals surface area contributed by atoms with Crippen molar-refractivity contribution in [1.29, 1.82) is 0 Å². The van der Waals surface area contributed by atoms with Gasteiger partial charge in [0.1, 0.15) is 0 Å². The summed E-state index contributed by atoms with van der Waals surface area (Å²) in [5.41, 5.74) is 0.175. The molecule has 0 aliphatic carbocycles. The van der Waals surface area contributed by atoms with E-state index in [1.165, 1.54) is 21.3 Å². The van der Waals surface area contributed by atoms with Crippen LogP contribution in [0.2, 0.25) is 412 Å². The molecule has 0 unspecified atom stereocenters. The molecule has 876 valence electrons. The van der Waals surface area contributed by atoms with Gasteiger partial charge in [-0.3, -0.25) is 4.90 Å². The van der Waals surface area contributed by atoms with Crippen molar-refractivity contribution in [3.05, 3.63) is 0 Å². The highest BCUT2D eigenvalue weighted by atomic mass is 28.6. The molecule has 0 aromatic heterocycles. The van der Waals surface area contributed by atoms with Crippen molar-refractivity contribution < 1.29 is 146 Å². The molecule has 1 saturated heterocycles. The third kappa shape index (κ3) is 62.1. The van der Waals surface area contributed by atoms with Crippen LogP contribution in [0.3, 0.4) is 0 Å². The highest BCUT2D eigenvalue weighted by Gasteiger charge is 2.61. The maximum Gasteiger partial charge on any atom is 0.669 e. The monoisotopic (exact) mass is 2630 g/mol. The van der Waals surface area contributed by atoms with Crippen molar-refractivity contribution in [3.63, 3.8) is 0 Å². The molecule has 1 heterocycles. The lowest BCUT2D eigenvalue weighted by Gasteiger charge is -2.53. The molecule has 68 heteroatoms. The Morgan fingerprint density at radius 3 is 0.384 bits per heavy atom. The van der Waals surface area contributed by atoms with Gasteiger partial charge in [0.2, 0.25) is 0 Å². The molecule has 1 aliphatic rings. The van der Waals surface area contributed by atoms with Gasteiger partial charge in [0.15, 0.2) is 8.32 Å². The van der Waals surface area contributed by atoms with Crippen LogP contribution in [-0.4, -0.2) is 331 Å². The Balaban J connectivity index is 3.02. The van der Waals surface area contributed by atoms with Crippen LogP contribution in [0.25, 0.3) is 0 Å². The lowest BCUT2D eigenvalue weighted by atomic mass is 9.79. The third-order valence-electron chi connectivity index (χ3n) is 20.4. The number of nitrogens with zero attached hydrogens (tertiary/aromatic N) is 1. The van der Waals surface area contributed by atoms with Crippen molar-refractivity contribution in [2.75, 3.05) is 35.0 Å². The Morgan fingerprint density at radius 2 is 0.274 bits per heavy atom. The number of piperidine rings is 1. The Morgan fingerprint density at radius 1 is 0.171 bits per heavy atom. The lowest BCUT2D eigenvalue weighted by Crippen LogP contribution is -2.63. The molecule has 0 amide bonds. The van der Waals surface area contributed by atoms with Crippen LogP contribution in [0.4, 0.5) is 0 Å². The summed E-state index contributed by atoms with van der Waals surface area (Å²) >= 11 is 0. The maximum atomic E-state index is 7.06. The second-order valence-electron chi connectivity index (χ2n) is 54.2. The van der Waals surface area contributed by atoms with Gasteiger partial charge >= 0.3 is 266 Å². The molecule has 0 radical (unpaired) electrons. The molecule has 0 aromatic rings. The van der Waals surface area contributed by atoms with Gasteiger partial charge in [-0.1, -0.05) is 0 Å². The average molecular weight is 2630 g/mol. The van der Waals surface area contributed by atoms with Gasteiger partial charge in [-0.15, -0.1) is 0 Å². The summed E-state index contributed by atoms with van der Waals surface area (Å²) in [6.45, 7) is 138. The molecule has 0 bridgehead atoms. The van der Waals surface area contributed by atoms with Crippen LogP contribution in [0.5, 0.6) is 0 Å². The van der Waals surface area contributed by atoms with Crippen molar-refractivity contribution >= 4 is 274 Å². The predicted molar refractivity (Wildman–Crippen MR) is 667 cm³/mol. The normalized spacial score (nSPS) is 17.5. The van der Waals surface area contributed by atoms with Crippen LogP contribution >= 0.6 is 0 Å². The van der Waals surface area contributed by atoms with E-state index in [9.17, 15) is 0 Å². The van der Waals surface area contributed by atoms with Crippen molar-refractivity contribution in [2.24, 2.45) is 0 Å². The standard InChI is InChI=1S/C78H221NO35Si32/c1-77(2)74-76(75-78(3,4)79(77)5)83-72-71-73-115(9,10)84-116(11,12)85-117(13,14)86-118(15,16)87-119(17,18)88-120(19,20)89-121(21,22)90-122(23,24)91-123(25,26)92-124(27,28)93-125(29,30)94-126(31,32)95-127(33,34)96-128(35,36)97-129(37,38)98-130(39,40)99-131(41,42)100-132(43,44)101-133(45,46)102-134(47,48)103-135(49,50)104-136(51,52)105-137(53,54)106-138(55,56)107-139(57,58)108-140(59,60)109-141(61,62)110-142(63,64)111-143(65,66)112-144(67,68)113-145(69,70)114-146(80-6,81-7)82-8/h76H,71-75H2,1-70H3. The van der Waals surface area contributed by atoms with E-state index in [1.54, 1.807) is 0 Å². The van der Waals surface area contributed by atoms with Gasteiger partial charge in [-0.25, -0.2) is 0 Å². The van der Waals surface area contributed by atoms with Gasteiger partial charge in [0.05, 0.1) is 6.10 Å². The number of hydrogen-bond acceptors (Lipinski definition) is 36. The van der Waals surface area contributed by atoms with E-state index in [2.05, 4.69) is 275 Å². The minimum atomic E-state index is -3.38. The van der Waals surface area contributed by atoms with Gasteiger partial charge in [0.25, 0.3) is 0 Å².